The molecule has 1 aliphatic rings. The van der Waals surface area contributed by atoms with Crippen LogP contribution >= 0.6 is 0 Å². The van der Waals surface area contributed by atoms with Crippen molar-refractivity contribution in [1.82, 2.24) is 5.32 Å². The summed E-state index contributed by atoms with van der Waals surface area (Å²) in [5.41, 5.74) is 2.71. The number of carbonyl (C=O) groups is 1. The van der Waals surface area contributed by atoms with Gasteiger partial charge in [0.25, 0.3) is 0 Å². The Kier molecular flexibility index (Phi) is 2.53. The van der Waals surface area contributed by atoms with Crippen LogP contribution in [-0.4, -0.2) is 12.5 Å². The van der Waals surface area contributed by atoms with E-state index in [1.165, 1.54) is 11.1 Å². The van der Waals surface area contributed by atoms with Crippen LogP contribution in [-0.2, 0) is 11.2 Å². The number of rotatable bonds is 2. The van der Waals surface area contributed by atoms with E-state index < -0.39 is 0 Å². The number of nitrogens with one attached hydrogen (secondary N) is 1. The molecule has 1 amide bonds. The molecule has 1 atom stereocenters. The number of hydrogen-bond donors (Lipinski definition) is 1. The van der Waals surface area contributed by atoms with Crippen molar-refractivity contribution in [3.05, 3.63) is 35.4 Å². The summed E-state index contributed by atoms with van der Waals surface area (Å²) in [6.07, 6.45) is 1.69. The zero-order valence-corrected chi connectivity index (χ0v) is 8.42. The van der Waals surface area contributed by atoms with Gasteiger partial charge in [-0.25, -0.2) is 0 Å². The van der Waals surface area contributed by atoms with Crippen molar-refractivity contribution in [3.63, 3.8) is 0 Å². The van der Waals surface area contributed by atoms with E-state index in [1.807, 2.05) is 0 Å². The van der Waals surface area contributed by atoms with Crippen molar-refractivity contribution >= 4 is 5.91 Å². The highest BCUT2D eigenvalue weighted by atomic mass is 16.1. The maximum Gasteiger partial charge on any atom is 0.220 e. The quantitative estimate of drug-likeness (QED) is 0.755. The van der Waals surface area contributed by atoms with Crippen molar-refractivity contribution in [2.24, 2.45) is 0 Å². The van der Waals surface area contributed by atoms with Crippen LogP contribution in [0, 0.1) is 0 Å². The van der Waals surface area contributed by atoms with Gasteiger partial charge in [-0.05, 0) is 17.5 Å². The van der Waals surface area contributed by atoms with Crippen molar-refractivity contribution in [2.75, 3.05) is 6.54 Å². The second-order valence-corrected chi connectivity index (χ2v) is 3.76. The highest BCUT2D eigenvalue weighted by molar-refractivity contribution is 5.79. The highest BCUT2D eigenvalue weighted by Gasteiger charge is 2.24. The van der Waals surface area contributed by atoms with Crippen LogP contribution in [0.25, 0.3) is 0 Å². The molecule has 2 nitrogen and oxygen atoms in total. The minimum atomic E-state index is 0.181. The van der Waals surface area contributed by atoms with Gasteiger partial charge in [-0.3, -0.25) is 4.79 Å². The largest absolute Gasteiger partial charge is 0.355 e. The van der Waals surface area contributed by atoms with Gasteiger partial charge < -0.3 is 5.32 Å². The first kappa shape index (κ1) is 9.25. The molecule has 1 N–H and O–H groups in total. The van der Waals surface area contributed by atoms with Gasteiger partial charge in [-0.15, -0.1) is 0 Å². The summed E-state index contributed by atoms with van der Waals surface area (Å²) in [6, 6.07) is 8.41. The molecule has 1 unspecified atom stereocenters. The minimum Gasteiger partial charge on any atom is -0.355 e. The Balaban J connectivity index is 2.27. The van der Waals surface area contributed by atoms with Gasteiger partial charge >= 0.3 is 0 Å². The fourth-order valence-electron chi connectivity index (χ4n) is 2.08. The lowest BCUT2D eigenvalue weighted by Gasteiger charge is -2.12. The standard InChI is InChI=1S/C12H15NO/c1-2-9-5-3-4-6-11(9)10-7-12(14)13-8-10/h3-6,10H,2,7-8H2,1H3,(H,13,14). The molecule has 1 aromatic rings. The van der Waals surface area contributed by atoms with Crippen LogP contribution in [0.3, 0.4) is 0 Å². The van der Waals surface area contributed by atoms with E-state index >= 15 is 0 Å². The molecule has 14 heavy (non-hydrogen) atoms. The molecule has 0 aromatic heterocycles. The molecular weight excluding hydrogens is 174 g/mol. The van der Waals surface area contributed by atoms with E-state index in [-0.39, 0.29) is 5.91 Å². The van der Waals surface area contributed by atoms with E-state index in [2.05, 4.69) is 36.5 Å². The van der Waals surface area contributed by atoms with Crippen LogP contribution in [0.1, 0.15) is 30.4 Å². The van der Waals surface area contributed by atoms with Gasteiger partial charge in [-0.2, -0.15) is 0 Å². The maximum atomic E-state index is 11.1. The van der Waals surface area contributed by atoms with Crippen molar-refractivity contribution in [2.45, 2.75) is 25.7 Å². The second-order valence-electron chi connectivity index (χ2n) is 3.76. The SMILES string of the molecule is CCc1ccccc1C1CNC(=O)C1. The molecule has 1 aliphatic heterocycles. The van der Waals surface area contributed by atoms with Crippen molar-refractivity contribution in [1.29, 1.82) is 0 Å². The van der Waals surface area contributed by atoms with Crippen LogP contribution in [0.4, 0.5) is 0 Å². The molecule has 1 aromatic carbocycles. The first-order chi connectivity index (χ1) is 6.81. The zero-order chi connectivity index (χ0) is 9.97. The Bertz CT molecular complexity index is 346. The predicted octanol–water partition coefficient (Wildman–Crippen LogP) is 1.85. The van der Waals surface area contributed by atoms with Crippen LogP contribution in [0.2, 0.25) is 0 Å². The second kappa shape index (κ2) is 3.82. The molecule has 74 valence electrons. The molecule has 2 rings (SSSR count). The Morgan fingerprint density at radius 1 is 1.43 bits per heavy atom. The van der Waals surface area contributed by atoms with E-state index in [0.717, 1.165) is 13.0 Å². The van der Waals surface area contributed by atoms with Crippen LogP contribution in [0.5, 0.6) is 0 Å². The molecule has 0 saturated carbocycles. The average molecular weight is 189 g/mol. The molecule has 0 spiro atoms. The highest BCUT2D eigenvalue weighted by Crippen LogP contribution is 2.26. The van der Waals surface area contributed by atoms with Gasteiger partial charge in [0.1, 0.15) is 0 Å². The van der Waals surface area contributed by atoms with Crippen LogP contribution in [0.15, 0.2) is 24.3 Å². The van der Waals surface area contributed by atoms with Gasteiger partial charge in [0, 0.05) is 18.9 Å². The first-order valence-electron chi connectivity index (χ1n) is 5.15. The molecule has 0 aliphatic carbocycles. The third-order valence-electron chi connectivity index (χ3n) is 2.85. The number of benzene rings is 1. The van der Waals surface area contributed by atoms with Crippen molar-refractivity contribution < 1.29 is 4.79 Å². The fourth-order valence-corrected chi connectivity index (χ4v) is 2.08. The topological polar surface area (TPSA) is 29.1 Å². The minimum absolute atomic E-state index is 0.181. The molecular formula is C12H15NO. The molecule has 0 bridgehead atoms. The smallest absolute Gasteiger partial charge is 0.220 e. The van der Waals surface area contributed by atoms with Crippen molar-refractivity contribution in [3.8, 4) is 0 Å². The Morgan fingerprint density at radius 2 is 2.21 bits per heavy atom. The average Bonchev–Trinajstić information content (AvgIpc) is 2.65. The molecule has 1 fully saturated rings. The number of amides is 1. The summed E-state index contributed by atoms with van der Waals surface area (Å²) in [4.78, 5) is 11.1. The Labute approximate surface area is 84.3 Å². The zero-order valence-electron chi connectivity index (χ0n) is 8.42. The number of aryl methyl sites for hydroxylation is 1. The third kappa shape index (κ3) is 1.65. The third-order valence-corrected chi connectivity index (χ3v) is 2.85. The van der Waals surface area contributed by atoms with Gasteiger partial charge in [0.2, 0.25) is 5.91 Å². The predicted molar refractivity (Wildman–Crippen MR) is 56.2 cm³/mol. The molecule has 1 saturated heterocycles. The normalized spacial score (nSPS) is 20.9. The lowest BCUT2D eigenvalue weighted by molar-refractivity contribution is -0.119. The van der Waals surface area contributed by atoms with Gasteiger partial charge in [0.05, 0.1) is 0 Å². The summed E-state index contributed by atoms with van der Waals surface area (Å²) in [5, 5.41) is 2.88. The molecule has 1 heterocycles. The van der Waals surface area contributed by atoms with Gasteiger partial charge in [-0.1, -0.05) is 31.2 Å². The lowest BCUT2D eigenvalue weighted by Crippen LogP contribution is -2.13. The van der Waals surface area contributed by atoms with E-state index in [4.69, 9.17) is 0 Å². The van der Waals surface area contributed by atoms with E-state index in [0.29, 0.717) is 12.3 Å². The Hall–Kier alpha value is -1.31. The summed E-state index contributed by atoms with van der Waals surface area (Å²) in [6.45, 7) is 2.96. The summed E-state index contributed by atoms with van der Waals surface area (Å²) in [7, 11) is 0. The monoisotopic (exact) mass is 189 g/mol. The maximum absolute atomic E-state index is 11.1. The summed E-state index contributed by atoms with van der Waals surface area (Å²) < 4.78 is 0. The Morgan fingerprint density at radius 3 is 2.86 bits per heavy atom. The van der Waals surface area contributed by atoms with Gasteiger partial charge in [0.15, 0.2) is 0 Å². The summed E-state index contributed by atoms with van der Waals surface area (Å²) >= 11 is 0. The molecule has 0 radical (unpaired) electrons. The van der Waals surface area contributed by atoms with Crippen LogP contribution < -0.4 is 5.32 Å². The van der Waals surface area contributed by atoms with E-state index in [1.54, 1.807) is 0 Å². The number of carbonyl (C=O) groups excluding carboxylic acids is 1. The first-order valence-corrected chi connectivity index (χ1v) is 5.15. The van der Waals surface area contributed by atoms with E-state index in [9.17, 15) is 4.79 Å². The molecule has 2 heteroatoms. The number of hydrogen-bond acceptors (Lipinski definition) is 1. The lowest BCUT2D eigenvalue weighted by atomic mass is 9.92. The fraction of sp³-hybridized carbons (Fsp3) is 0.417. The summed E-state index contributed by atoms with van der Waals surface area (Å²) in [5.74, 6) is 0.569.